The van der Waals surface area contributed by atoms with Crippen LogP contribution in [0.25, 0.3) is 10.2 Å². The van der Waals surface area contributed by atoms with Gasteiger partial charge in [0.05, 0.1) is 22.8 Å². The average molecular weight is 441 g/mol. The van der Waals surface area contributed by atoms with Crippen LogP contribution in [-0.4, -0.2) is 72.5 Å². The molecular weight excluding hydrogens is 419 g/mol. The molecule has 3 unspecified atom stereocenters. The first-order valence-corrected chi connectivity index (χ1v) is 10.7. The summed E-state index contributed by atoms with van der Waals surface area (Å²) in [5.74, 6) is -0.994. The fraction of sp³-hybridized carbons (Fsp3) is 0.526. The van der Waals surface area contributed by atoms with Crippen LogP contribution in [-0.2, 0) is 14.3 Å². The molecule has 1 aromatic heterocycles. The number of ether oxygens (including phenoxy) is 1. The van der Waals surface area contributed by atoms with Crippen molar-refractivity contribution in [3.63, 3.8) is 0 Å². The maximum absolute atomic E-state index is 13.5. The van der Waals surface area contributed by atoms with Crippen molar-refractivity contribution in [2.75, 3.05) is 39.1 Å². The van der Waals surface area contributed by atoms with Gasteiger partial charge in [0, 0.05) is 19.1 Å². The second kappa shape index (κ2) is 8.14. The Hall–Kier alpha value is -1.81. The summed E-state index contributed by atoms with van der Waals surface area (Å²) >= 11 is 7.24. The first kappa shape index (κ1) is 20.5. The number of anilines is 1. The lowest BCUT2D eigenvalue weighted by molar-refractivity contribution is -0.158. The number of carbonyl (C=O) groups is 2. The molecule has 0 aliphatic carbocycles. The molecule has 10 heteroatoms. The minimum absolute atomic E-state index is 0.0623. The van der Waals surface area contributed by atoms with Gasteiger partial charge in [-0.05, 0) is 38.6 Å². The zero-order valence-corrected chi connectivity index (χ0v) is 17.7. The highest BCUT2D eigenvalue weighted by molar-refractivity contribution is 7.22. The average Bonchev–Trinajstić information content (AvgIpc) is 3.08. The highest BCUT2D eigenvalue weighted by atomic mass is 35.5. The third kappa shape index (κ3) is 3.96. The van der Waals surface area contributed by atoms with Crippen molar-refractivity contribution < 1.29 is 18.7 Å². The number of aromatic nitrogens is 1. The standard InChI is InChI=1S/C19H22ClFN4O3S/c1-24-9-13(16(24)18(27)28-2)25-5-3-4-10(8-25)17(26)23-19-22-15-12(20)6-11(21)7-14(15)29-19/h6-7,10,13,16H,3-5,8-9H2,1-2H3,(H,22,23,26). The highest BCUT2D eigenvalue weighted by Gasteiger charge is 2.47. The van der Waals surface area contributed by atoms with Gasteiger partial charge < -0.3 is 10.1 Å². The van der Waals surface area contributed by atoms with Crippen LogP contribution in [0.2, 0.25) is 5.02 Å². The summed E-state index contributed by atoms with van der Waals surface area (Å²) in [5, 5.41) is 3.49. The number of carbonyl (C=O) groups excluding carboxylic acids is 2. The molecule has 0 bridgehead atoms. The molecule has 2 aliphatic heterocycles. The molecule has 2 saturated heterocycles. The molecule has 156 valence electrons. The molecule has 1 N–H and O–H groups in total. The smallest absolute Gasteiger partial charge is 0.324 e. The van der Waals surface area contributed by atoms with Crippen LogP contribution in [0.1, 0.15) is 12.8 Å². The Morgan fingerprint density at radius 1 is 1.38 bits per heavy atom. The topological polar surface area (TPSA) is 74.8 Å². The molecule has 7 nitrogen and oxygen atoms in total. The fourth-order valence-corrected chi connectivity index (χ4v) is 5.40. The van der Waals surface area contributed by atoms with E-state index in [1.165, 1.54) is 30.6 Å². The Labute approximate surface area is 176 Å². The first-order chi connectivity index (χ1) is 13.9. The lowest BCUT2D eigenvalue weighted by Gasteiger charge is -2.51. The van der Waals surface area contributed by atoms with E-state index in [9.17, 15) is 14.0 Å². The number of hydrogen-bond acceptors (Lipinski definition) is 7. The zero-order chi connectivity index (χ0) is 20.7. The molecule has 2 aromatic rings. The summed E-state index contributed by atoms with van der Waals surface area (Å²) in [6.07, 6.45) is 1.65. The molecule has 2 aliphatic rings. The van der Waals surface area contributed by atoms with E-state index in [1.54, 1.807) is 0 Å². The van der Waals surface area contributed by atoms with E-state index in [-0.39, 0.29) is 34.9 Å². The lowest BCUT2D eigenvalue weighted by Crippen LogP contribution is -2.69. The molecule has 0 radical (unpaired) electrons. The predicted molar refractivity (Wildman–Crippen MR) is 110 cm³/mol. The minimum atomic E-state index is -0.433. The number of likely N-dealkylation sites (tertiary alicyclic amines) is 2. The quantitative estimate of drug-likeness (QED) is 0.736. The third-order valence-corrected chi connectivity index (χ3v) is 6.90. The van der Waals surface area contributed by atoms with Crippen molar-refractivity contribution in [1.29, 1.82) is 0 Å². The van der Waals surface area contributed by atoms with Crippen LogP contribution >= 0.6 is 22.9 Å². The van der Waals surface area contributed by atoms with Crippen molar-refractivity contribution in [1.82, 2.24) is 14.8 Å². The molecule has 2 fully saturated rings. The van der Waals surface area contributed by atoms with Crippen molar-refractivity contribution in [2.45, 2.75) is 24.9 Å². The highest BCUT2D eigenvalue weighted by Crippen LogP contribution is 2.33. The number of methoxy groups -OCH3 is 1. The second-order valence-corrected chi connectivity index (χ2v) is 8.99. The largest absolute Gasteiger partial charge is 0.468 e. The third-order valence-electron chi connectivity index (χ3n) is 5.69. The summed E-state index contributed by atoms with van der Waals surface area (Å²) in [7, 11) is 3.29. The number of fused-ring (bicyclic) bond motifs is 1. The molecular formula is C19H22ClFN4O3S. The molecule has 1 amide bonds. The molecule has 3 atom stereocenters. The van der Waals surface area contributed by atoms with E-state index < -0.39 is 5.82 Å². The van der Waals surface area contributed by atoms with Gasteiger partial charge in [0.25, 0.3) is 0 Å². The Balaban J connectivity index is 1.43. The van der Waals surface area contributed by atoms with E-state index in [4.69, 9.17) is 16.3 Å². The Morgan fingerprint density at radius 3 is 2.90 bits per heavy atom. The van der Waals surface area contributed by atoms with E-state index >= 15 is 0 Å². The van der Waals surface area contributed by atoms with Crippen LogP contribution in [0.4, 0.5) is 9.52 Å². The Bertz CT molecular complexity index is 955. The van der Waals surface area contributed by atoms with Crippen molar-refractivity contribution in [3.05, 3.63) is 23.0 Å². The Kier molecular flexibility index (Phi) is 5.74. The number of nitrogens with one attached hydrogen (secondary N) is 1. The van der Waals surface area contributed by atoms with Crippen molar-refractivity contribution in [2.24, 2.45) is 5.92 Å². The molecule has 4 rings (SSSR count). The lowest BCUT2D eigenvalue weighted by atomic mass is 9.90. The molecule has 1 aromatic carbocycles. The van der Waals surface area contributed by atoms with E-state index in [2.05, 4.69) is 15.2 Å². The summed E-state index contributed by atoms with van der Waals surface area (Å²) in [4.78, 5) is 33.4. The van der Waals surface area contributed by atoms with Gasteiger partial charge in [0.15, 0.2) is 5.13 Å². The van der Waals surface area contributed by atoms with Crippen molar-refractivity contribution in [3.8, 4) is 0 Å². The second-order valence-electron chi connectivity index (χ2n) is 7.55. The van der Waals surface area contributed by atoms with Gasteiger partial charge in [0.1, 0.15) is 17.4 Å². The first-order valence-electron chi connectivity index (χ1n) is 9.46. The zero-order valence-electron chi connectivity index (χ0n) is 16.2. The molecule has 3 heterocycles. The van der Waals surface area contributed by atoms with E-state index in [1.807, 2.05) is 11.9 Å². The number of thiazole rings is 1. The number of hydrogen-bond donors (Lipinski definition) is 1. The van der Waals surface area contributed by atoms with E-state index in [0.717, 1.165) is 25.9 Å². The van der Waals surface area contributed by atoms with Gasteiger partial charge in [-0.15, -0.1) is 0 Å². The number of likely N-dealkylation sites (N-methyl/N-ethyl adjacent to an activating group) is 1. The van der Waals surface area contributed by atoms with Gasteiger partial charge in [-0.1, -0.05) is 22.9 Å². The molecule has 0 saturated carbocycles. The van der Waals surface area contributed by atoms with Gasteiger partial charge in [-0.2, -0.15) is 0 Å². The molecule has 0 spiro atoms. The summed E-state index contributed by atoms with van der Waals surface area (Å²) in [5.41, 5.74) is 0.483. The van der Waals surface area contributed by atoms with Crippen LogP contribution in [0, 0.1) is 11.7 Å². The molecule has 29 heavy (non-hydrogen) atoms. The van der Waals surface area contributed by atoms with Crippen LogP contribution in [0.3, 0.4) is 0 Å². The SMILES string of the molecule is COC(=O)C1C(N2CCCC(C(=O)Nc3nc4c(Cl)cc(F)cc4s3)C2)CN1C. The maximum atomic E-state index is 13.5. The number of piperidine rings is 1. The van der Waals surface area contributed by atoms with Crippen LogP contribution in [0.5, 0.6) is 0 Å². The number of esters is 1. The summed E-state index contributed by atoms with van der Waals surface area (Å²) in [6, 6.07) is 2.34. The van der Waals surface area contributed by atoms with Gasteiger partial charge in [-0.3, -0.25) is 19.4 Å². The number of nitrogens with zero attached hydrogens (tertiary/aromatic N) is 3. The van der Waals surface area contributed by atoms with Gasteiger partial charge >= 0.3 is 5.97 Å². The van der Waals surface area contributed by atoms with Crippen LogP contribution in [0.15, 0.2) is 12.1 Å². The number of amides is 1. The summed E-state index contributed by atoms with van der Waals surface area (Å²) in [6.45, 7) is 2.21. The number of rotatable bonds is 4. The monoisotopic (exact) mass is 440 g/mol. The maximum Gasteiger partial charge on any atom is 0.324 e. The Morgan fingerprint density at radius 2 is 2.17 bits per heavy atom. The summed E-state index contributed by atoms with van der Waals surface area (Å²) < 4.78 is 19.0. The fourth-order valence-electron chi connectivity index (χ4n) is 4.18. The minimum Gasteiger partial charge on any atom is -0.468 e. The number of halogens is 2. The number of benzene rings is 1. The normalized spacial score (nSPS) is 25.6. The van der Waals surface area contributed by atoms with Gasteiger partial charge in [-0.25, -0.2) is 9.37 Å². The van der Waals surface area contributed by atoms with E-state index in [0.29, 0.717) is 21.9 Å². The van der Waals surface area contributed by atoms with Crippen LogP contribution < -0.4 is 5.32 Å². The van der Waals surface area contributed by atoms with Gasteiger partial charge in [0.2, 0.25) is 5.91 Å². The van der Waals surface area contributed by atoms with Crippen molar-refractivity contribution >= 4 is 50.2 Å². The predicted octanol–water partition coefficient (Wildman–Crippen LogP) is 2.59.